The van der Waals surface area contributed by atoms with Crippen molar-refractivity contribution < 1.29 is 4.74 Å². The van der Waals surface area contributed by atoms with Crippen LogP contribution in [0.2, 0.25) is 0 Å². The third-order valence-corrected chi connectivity index (χ3v) is 3.60. The summed E-state index contributed by atoms with van der Waals surface area (Å²) in [6, 6.07) is 1.13. The largest absolute Gasteiger partial charge is 0.378 e. The van der Waals surface area contributed by atoms with Crippen LogP contribution in [-0.2, 0) is 4.74 Å². The van der Waals surface area contributed by atoms with Gasteiger partial charge in [-0.2, -0.15) is 0 Å². The second-order valence-electron chi connectivity index (χ2n) is 5.29. The highest BCUT2D eigenvalue weighted by Crippen LogP contribution is 2.30. The molecule has 2 N–H and O–H groups in total. The molecule has 0 radical (unpaired) electrons. The monoisotopic (exact) mass is 198 g/mol. The van der Waals surface area contributed by atoms with Crippen LogP contribution in [0, 0.1) is 0 Å². The number of nitrogens with two attached hydrogens (primary N) is 1. The molecule has 0 bridgehead atoms. The van der Waals surface area contributed by atoms with Crippen LogP contribution in [0.5, 0.6) is 0 Å². The van der Waals surface area contributed by atoms with Crippen LogP contribution in [0.4, 0.5) is 0 Å². The van der Waals surface area contributed by atoms with Gasteiger partial charge in [0.25, 0.3) is 0 Å². The molecule has 82 valence electrons. The second kappa shape index (κ2) is 3.80. The average Bonchev–Trinajstić information content (AvgIpc) is 2.51. The molecule has 2 aliphatic rings. The van der Waals surface area contributed by atoms with Crippen molar-refractivity contribution in [2.45, 2.75) is 50.7 Å². The summed E-state index contributed by atoms with van der Waals surface area (Å²) in [6.07, 6.45) is 3.63. The average molecular weight is 198 g/mol. The second-order valence-corrected chi connectivity index (χ2v) is 5.29. The molecule has 1 heterocycles. The Bertz CT molecular complexity index is 205. The molecule has 1 aliphatic carbocycles. The van der Waals surface area contributed by atoms with Gasteiger partial charge in [-0.25, -0.2) is 0 Å². The molecule has 3 nitrogen and oxygen atoms in total. The molecule has 2 rings (SSSR count). The first kappa shape index (κ1) is 10.4. The first-order valence-electron chi connectivity index (χ1n) is 5.70. The zero-order valence-corrected chi connectivity index (χ0v) is 9.33. The Hall–Kier alpha value is -0.120. The Morgan fingerprint density at radius 2 is 2.14 bits per heavy atom. The zero-order valence-electron chi connectivity index (χ0n) is 9.33. The standard InChI is InChI=1S/C11H22N2O/c1-11(2)8-14-6-5-13(11)10-4-3-9(12)7-10/h9-10H,3-8,12H2,1-2H3. The van der Waals surface area contributed by atoms with Gasteiger partial charge in [0, 0.05) is 24.2 Å². The van der Waals surface area contributed by atoms with Gasteiger partial charge >= 0.3 is 0 Å². The first-order chi connectivity index (χ1) is 6.59. The van der Waals surface area contributed by atoms with E-state index in [1.54, 1.807) is 0 Å². The molecule has 3 heteroatoms. The quantitative estimate of drug-likeness (QED) is 0.682. The maximum Gasteiger partial charge on any atom is 0.0645 e. The minimum absolute atomic E-state index is 0.201. The van der Waals surface area contributed by atoms with E-state index in [9.17, 15) is 0 Å². The minimum atomic E-state index is 0.201. The Morgan fingerprint density at radius 1 is 1.36 bits per heavy atom. The lowest BCUT2D eigenvalue weighted by Crippen LogP contribution is -2.56. The molecule has 0 aromatic heterocycles. The van der Waals surface area contributed by atoms with E-state index in [1.165, 1.54) is 19.3 Å². The summed E-state index contributed by atoms with van der Waals surface area (Å²) in [7, 11) is 0. The molecule has 1 saturated heterocycles. The fourth-order valence-electron chi connectivity index (χ4n) is 2.82. The fourth-order valence-corrected chi connectivity index (χ4v) is 2.82. The molecular formula is C11H22N2O. The number of hydrogen-bond donors (Lipinski definition) is 1. The van der Waals surface area contributed by atoms with Crippen LogP contribution in [0.15, 0.2) is 0 Å². The lowest BCUT2D eigenvalue weighted by molar-refractivity contribution is -0.0708. The Balaban J connectivity index is 2.01. The van der Waals surface area contributed by atoms with Crippen molar-refractivity contribution in [2.24, 2.45) is 5.73 Å². The molecule has 0 spiro atoms. The summed E-state index contributed by atoms with van der Waals surface area (Å²) in [5.74, 6) is 0. The van der Waals surface area contributed by atoms with Crippen molar-refractivity contribution in [3.63, 3.8) is 0 Å². The van der Waals surface area contributed by atoms with Gasteiger partial charge in [0.05, 0.1) is 13.2 Å². The molecule has 2 atom stereocenters. The molecule has 2 fully saturated rings. The van der Waals surface area contributed by atoms with E-state index in [0.29, 0.717) is 12.1 Å². The molecule has 1 saturated carbocycles. The predicted octanol–water partition coefficient (Wildman–Crippen LogP) is 0.977. The summed E-state index contributed by atoms with van der Waals surface area (Å²) >= 11 is 0. The van der Waals surface area contributed by atoms with Gasteiger partial charge in [0.2, 0.25) is 0 Å². The van der Waals surface area contributed by atoms with Crippen molar-refractivity contribution in [1.29, 1.82) is 0 Å². The molecule has 0 aromatic rings. The lowest BCUT2D eigenvalue weighted by Gasteiger charge is -2.45. The van der Waals surface area contributed by atoms with E-state index < -0.39 is 0 Å². The zero-order chi connectivity index (χ0) is 10.2. The maximum atomic E-state index is 5.96. The van der Waals surface area contributed by atoms with E-state index in [2.05, 4.69) is 18.7 Å². The van der Waals surface area contributed by atoms with Gasteiger partial charge < -0.3 is 10.5 Å². The number of rotatable bonds is 1. The molecule has 1 aliphatic heterocycles. The van der Waals surface area contributed by atoms with Gasteiger partial charge in [-0.3, -0.25) is 4.90 Å². The SMILES string of the molecule is CC1(C)COCCN1C1CCC(N)C1. The van der Waals surface area contributed by atoms with Crippen LogP contribution >= 0.6 is 0 Å². The lowest BCUT2D eigenvalue weighted by atomic mass is 9.99. The maximum absolute atomic E-state index is 5.96. The summed E-state index contributed by atoms with van der Waals surface area (Å²) in [5.41, 5.74) is 6.16. The van der Waals surface area contributed by atoms with Crippen molar-refractivity contribution in [2.75, 3.05) is 19.8 Å². The van der Waals surface area contributed by atoms with Crippen molar-refractivity contribution in [3.8, 4) is 0 Å². The summed E-state index contributed by atoms with van der Waals surface area (Å²) in [6.45, 7) is 7.37. The third-order valence-electron chi connectivity index (χ3n) is 3.60. The van der Waals surface area contributed by atoms with Gasteiger partial charge in [0.15, 0.2) is 0 Å². The van der Waals surface area contributed by atoms with E-state index in [4.69, 9.17) is 10.5 Å². The molecule has 0 amide bonds. The van der Waals surface area contributed by atoms with Gasteiger partial charge in [-0.15, -0.1) is 0 Å². The summed E-state index contributed by atoms with van der Waals surface area (Å²) in [4.78, 5) is 2.60. The molecule has 2 unspecified atom stereocenters. The molecular weight excluding hydrogens is 176 g/mol. The van der Waals surface area contributed by atoms with Gasteiger partial charge in [-0.1, -0.05) is 0 Å². The normalized spacial score (nSPS) is 38.8. The fraction of sp³-hybridized carbons (Fsp3) is 1.00. The molecule has 14 heavy (non-hydrogen) atoms. The Kier molecular flexibility index (Phi) is 2.82. The van der Waals surface area contributed by atoms with Crippen molar-refractivity contribution >= 4 is 0 Å². The number of nitrogens with zero attached hydrogens (tertiary/aromatic N) is 1. The molecule has 0 aromatic carbocycles. The van der Waals surface area contributed by atoms with Crippen LogP contribution in [-0.4, -0.2) is 42.3 Å². The highest BCUT2D eigenvalue weighted by Gasteiger charge is 2.38. The van der Waals surface area contributed by atoms with Crippen LogP contribution in [0.3, 0.4) is 0 Å². The van der Waals surface area contributed by atoms with E-state index in [1.807, 2.05) is 0 Å². The minimum Gasteiger partial charge on any atom is -0.378 e. The Labute approximate surface area is 86.6 Å². The number of ether oxygens (including phenoxy) is 1. The van der Waals surface area contributed by atoms with E-state index in [-0.39, 0.29) is 5.54 Å². The highest BCUT2D eigenvalue weighted by atomic mass is 16.5. The number of hydrogen-bond acceptors (Lipinski definition) is 3. The van der Waals surface area contributed by atoms with Crippen LogP contribution < -0.4 is 5.73 Å². The summed E-state index contributed by atoms with van der Waals surface area (Å²) in [5, 5.41) is 0. The predicted molar refractivity (Wildman–Crippen MR) is 57.2 cm³/mol. The Morgan fingerprint density at radius 3 is 2.71 bits per heavy atom. The number of morpholine rings is 1. The van der Waals surface area contributed by atoms with Gasteiger partial charge in [0.1, 0.15) is 0 Å². The van der Waals surface area contributed by atoms with Crippen LogP contribution in [0.1, 0.15) is 33.1 Å². The van der Waals surface area contributed by atoms with E-state index in [0.717, 1.165) is 19.8 Å². The van der Waals surface area contributed by atoms with Crippen molar-refractivity contribution in [1.82, 2.24) is 4.90 Å². The summed E-state index contributed by atoms with van der Waals surface area (Å²) < 4.78 is 5.53. The van der Waals surface area contributed by atoms with Crippen LogP contribution in [0.25, 0.3) is 0 Å². The smallest absolute Gasteiger partial charge is 0.0645 e. The third kappa shape index (κ3) is 1.95. The van der Waals surface area contributed by atoms with Crippen molar-refractivity contribution in [3.05, 3.63) is 0 Å². The topological polar surface area (TPSA) is 38.5 Å². The van der Waals surface area contributed by atoms with E-state index >= 15 is 0 Å². The highest BCUT2D eigenvalue weighted by molar-refractivity contribution is 4.93. The van der Waals surface area contributed by atoms with Gasteiger partial charge in [-0.05, 0) is 33.1 Å². The first-order valence-corrected chi connectivity index (χ1v) is 5.70.